The molecule has 0 unspecified atom stereocenters. The van der Waals surface area contributed by atoms with Gasteiger partial charge >= 0.3 is 0 Å². The number of methoxy groups -OCH3 is 1. The molecular formula is C15H21N3O. The molecule has 0 fully saturated rings. The quantitative estimate of drug-likeness (QED) is 0.859. The highest BCUT2D eigenvalue weighted by Gasteiger charge is 2.10. The number of nitrogen functional groups attached to an aromatic ring is 1. The summed E-state index contributed by atoms with van der Waals surface area (Å²) in [4.78, 5) is 0. The lowest BCUT2D eigenvalue weighted by Gasteiger charge is -2.08. The Kier molecular flexibility index (Phi) is 3.79. The van der Waals surface area contributed by atoms with Crippen LogP contribution in [0.3, 0.4) is 0 Å². The van der Waals surface area contributed by atoms with Crippen LogP contribution in [0.15, 0.2) is 18.2 Å². The number of aryl methyl sites for hydroxylation is 1. The van der Waals surface area contributed by atoms with E-state index < -0.39 is 0 Å². The maximum Gasteiger partial charge on any atom is 0.121 e. The summed E-state index contributed by atoms with van der Waals surface area (Å²) in [7, 11) is 1.65. The number of nitrogens with zero attached hydrogens (tertiary/aromatic N) is 2. The monoisotopic (exact) mass is 259 g/mol. The van der Waals surface area contributed by atoms with Gasteiger partial charge < -0.3 is 10.5 Å². The first-order chi connectivity index (χ1) is 9.05. The zero-order chi connectivity index (χ0) is 14.0. The van der Waals surface area contributed by atoms with Gasteiger partial charge in [0.05, 0.1) is 19.3 Å². The topological polar surface area (TPSA) is 53.1 Å². The zero-order valence-corrected chi connectivity index (χ0v) is 12.0. The molecule has 0 radical (unpaired) electrons. The highest BCUT2D eigenvalue weighted by Crippen LogP contribution is 2.21. The Hall–Kier alpha value is -1.97. The van der Waals surface area contributed by atoms with Crippen molar-refractivity contribution in [3.63, 3.8) is 0 Å². The zero-order valence-electron chi connectivity index (χ0n) is 12.0. The van der Waals surface area contributed by atoms with Crippen molar-refractivity contribution in [1.82, 2.24) is 9.78 Å². The van der Waals surface area contributed by atoms with Gasteiger partial charge in [0, 0.05) is 17.4 Å². The molecule has 0 aliphatic carbocycles. The van der Waals surface area contributed by atoms with Crippen LogP contribution in [0.1, 0.15) is 29.4 Å². The molecule has 0 bridgehead atoms. The van der Waals surface area contributed by atoms with Crippen molar-refractivity contribution in [3.8, 4) is 5.75 Å². The normalized spacial score (nSPS) is 10.7. The van der Waals surface area contributed by atoms with Gasteiger partial charge in [-0.1, -0.05) is 6.92 Å². The highest BCUT2D eigenvalue weighted by molar-refractivity contribution is 5.47. The van der Waals surface area contributed by atoms with Crippen LogP contribution in [0.5, 0.6) is 5.75 Å². The maximum absolute atomic E-state index is 5.88. The molecule has 19 heavy (non-hydrogen) atoms. The second-order valence-corrected chi connectivity index (χ2v) is 4.77. The van der Waals surface area contributed by atoms with Crippen molar-refractivity contribution in [2.24, 2.45) is 0 Å². The molecule has 0 aliphatic heterocycles. The molecule has 1 heterocycles. The van der Waals surface area contributed by atoms with Gasteiger partial charge in [0.2, 0.25) is 0 Å². The smallest absolute Gasteiger partial charge is 0.121 e. The van der Waals surface area contributed by atoms with Gasteiger partial charge in [-0.05, 0) is 43.5 Å². The van der Waals surface area contributed by atoms with E-state index in [1.165, 1.54) is 11.3 Å². The molecule has 4 nitrogen and oxygen atoms in total. The molecule has 2 N–H and O–H groups in total. The summed E-state index contributed by atoms with van der Waals surface area (Å²) in [5, 5.41) is 4.60. The fourth-order valence-corrected chi connectivity index (χ4v) is 2.47. The molecule has 2 rings (SSSR count). The van der Waals surface area contributed by atoms with Crippen LogP contribution in [-0.2, 0) is 13.0 Å². The van der Waals surface area contributed by atoms with Crippen molar-refractivity contribution in [2.45, 2.75) is 33.7 Å². The number of hydrogen-bond acceptors (Lipinski definition) is 3. The summed E-state index contributed by atoms with van der Waals surface area (Å²) in [6, 6.07) is 5.78. The first-order valence-corrected chi connectivity index (χ1v) is 6.51. The molecule has 0 atom stereocenters. The minimum absolute atomic E-state index is 0.714. The number of nitrogens with two attached hydrogens (primary N) is 1. The number of benzene rings is 1. The third-order valence-electron chi connectivity index (χ3n) is 3.44. The summed E-state index contributed by atoms with van der Waals surface area (Å²) < 4.78 is 7.27. The minimum atomic E-state index is 0.714. The van der Waals surface area contributed by atoms with Crippen molar-refractivity contribution in [2.75, 3.05) is 12.8 Å². The number of anilines is 1. The van der Waals surface area contributed by atoms with Gasteiger partial charge in [-0.15, -0.1) is 0 Å². The maximum atomic E-state index is 5.88. The van der Waals surface area contributed by atoms with Gasteiger partial charge in [-0.3, -0.25) is 4.68 Å². The van der Waals surface area contributed by atoms with Gasteiger partial charge in [0.1, 0.15) is 5.75 Å². The van der Waals surface area contributed by atoms with Gasteiger partial charge in [0.25, 0.3) is 0 Å². The van der Waals surface area contributed by atoms with Crippen molar-refractivity contribution in [3.05, 3.63) is 40.7 Å². The van der Waals surface area contributed by atoms with E-state index in [1.807, 2.05) is 22.9 Å². The highest BCUT2D eigenvalue weighted by atomic mass is 16.5. The molecule has 0 saturated carbocycles. The SMILES string of the molecule is CCc1c(C)nn(Cc2cc(N)cc(OC)c2)c1C. The third-order valence-corrected chi connectivity index (χ3v) is 3.44. The average molecular weight is 259 g/mol. The average Bonchev–Trinajstić information content (AvgIpc) is 2.63. The van der Waals surface area contributed by atoms with E-state index in [2.05, 4.69) is 25.9 Å². The number of ether oxygens (including phenoxy) is 1. The van der Waals surface area contributed by atoms with Crippen molar-refractivity contribution in [1.29, 1.82) is 0 Å². The summed E-state index contributed by atoms with van der Waals surface area (Å²) in [5.74, 6) is 0.784. The number of hydrogen-bond donors (Lipinski definition) is 1. The van der Waals surface area contributed by atoms with Crippen LogP contribution in [0.2, 0.25) is 0 Å². The van der Waals surface area contributed by atoms with Crippen LogP contribution in [0.4, 0.5) is 5.69 Å². The van der Waals surface area contributed by atoms with Crippen molar-refractivity contribution >= 4 is 5.69 Å². The lowest BCUT2D eigenvalue weighted by atomic mass is 10.1. The molecule has 0 spiro atoms. The fourth-order valence-electron chi connectivity index (χ4n) is 2.47. The molecule has 4 heteroatoms. The third kappa shape index (κ3) is 2.72. The lowest BCUT2D eigenvalue weighted by Crippen LogP contribution is -2.05. The molecule has 1 aromatic heterocycles. The molecule has 1 aromatic carbocycles. The molecular weight excluding hydrogens is 238 g/mol. The van der Waals surface area contributed by atoms with Gasteiger partial charge in [-0.2, -0.15) is 5.10 Å². The minimum Gasteiger partial charge on any atom is -0.497 e. The second kappa shape index (κ2) is 5.34. The molecule has 0 amide bonds. The van der Waals surface area contributed by atoms with E-state index >= 15 is 0 Å². The Labute approximate surface area is 114 Å². The molecule has 102 valence electrons. The lowest BCUT2D eigenvalue weighted by molar-refractivity contribution is 0.414. The second-order valence-electron chi connectivity index (χ2n) is 4.77. The molecule has 0 saturated heterocycles. The summed E-state index contributed by atoms with van der Waals surface area (Å²) >= 11 is 0. The van der Waals surface area contributed by atoms with E-state index in [1.54, 1.807) is 7.11 Å². The molecule has 2 aromatic rings. The van der Waals surface area contributed by atoms with E-state index in [0.717, 1.165) is 23.4 Å². The standard InChI is InChI=1S/C15H21N3O/c1-5-15-10(2)17-18(11(15)3)9-12-6-13(16)8-14(7-12)19-4/h6-8H,5,9,16H2,1-4H3. The Bertz CT molecular complexity index is 587. The molecule has 0 aliphatic rings. The predicted octanol–water partition coefficient (Wildman–Crippen LogP) is 2.70. The van der Waals surface area contributed by atoms with Crippen LogP contribution < -0.4 is 10.5 Å². The number of aromatic nitrogens is 2. The van der Waals surface area contributed by atoms with E-state index in [-0.39, 0.29) is 0 Å². The van der Waals surface area contributed by atoms with Crippen LogP contribution in [-0.4, -0.2) is 16.9 Å². The predicted molar refractivity (Wildman–Crippen MR) is 77.6 cm³/mol. The first kappa shape index (κ1) is 13.5. The van der Waals surface area contributed by atoms with E-state index in [4.69, 9.17) is 10.5 Å². The van der Waals surface area contributed by atoms with E-state index in [0.29, 0.717) is 12.2 Å². The fraction of sp³-hybridized carbons (Fsp3) is 0.400. The Morgan fingerprint density at radius 1 is 1.26 bits per heavy atom. The van der Waals surface area contributed by atoms with Gasteiger partial charge in [0.15, 0.2) is 0 Å². The summed E-state index contributed by atoms with van der Waals surface area (Å²) in [6.07, 6.45) is 1.01. The van der Waals surface area contributed by atoms with Crippen LogP contribution >= 0.6 is 0 Å². The summed E-state index contributed by atoms with van der Waals surface area (Å²) in [6.45, 7) is 7.05. The summed E-state index contributed by atoms with van der Waals surface area (Å²) in [5.41, 5.74) is 11.4. The number of rotatable bonds is 4. The van der Waals surface area contributed by atoms with Crippen LogP contribution in [0, 0.1) is 13.8 Å². The van der Waals surface area contributed by atoms with Crippen molar-refractivity contribution < 1.29 is 4.74 Å². The Balaban J connectivity index is 2.33. The van der Waals surface area contributed by atoms with Gasteiger partial charge in [-0.25, -0.2) is 0 Å². The van der Waals surface area contributed by atoms with Crippen LogP contribution in [0.25, 0.3) is 0 Å². The largest absolute Gasteiger partial charge is 0.497 e. The Morgan fingerprint density at radius 3 is 2.58 bits per heavy atom. The first-order valence-electron chi connectivity index (χ1n) is 6.51. The van der Waals surface area contributed by atoms with E-state index in [9.17, 15) is 0 Å². The Morgan fingerprint density at radius 2 is 2.00 bits per heavy atom.